The van der Waals surface area contributed by atoms with Crippen LogP contribution in [0, 0.1) is 11.8 Å². The molecule has 5 rings (SSSR count). The lowest BCUT2D eigenvalue weighted by molar-refractivity contribution is -0.135. The summed E-state index contributed by atoms with van der Waals surface area (Å²) in [5.74, 6) is -1.55. The van der Waals surface area contributed by atoms with Crippen molar-refractivity contribution < 1.29 is 23.5 Å². The van der Waals surface area contributed by atoms with E-state index in [-0.39, 0.29) is 11.7 Å². The number of anilines is 1. The molecule has 34 heavy (non-hydrogen) atoms. The monoisotopic (exact) mass is 459 g/mol. The molecule has 1 amide bonds. The second-order valence-corrected chi connectivity index (χ2v) is 8.79. The average Bonchev–Trinajstić information content (AvgIpc) is 3.52. The predicted octanol–water partition coefficient (Wildman–Crippen LogP) is 4.11. The van der Waals surface area contributed by atoms with Crippen LogP contribution >= 0.6 is 0 Å². The van der Waals surface area contributed by atoms with Gasteiger partial charge in [0.2, 0.25) is 18.1 Å². The number of carbonyl (C=O) groups excluding carboxylic acids is 3. The Bertz CT molecular complexity index is 1180. The van der Waals surface area contributed by atoms with Gasteiger partial charge in [-0.05, 0) is 67.3 Å². The first-order chi connectivity index (χ1) is 16.6. The Morgan fingerprint density at radius 2 is 1.71 bits per heavy atom. The Morgan fingerprint density at radius 3 is 2.32 bits per heavy atom. The average molecular weight is 460 g/mol. The maximum absolute atomic E-state index is 13.6. The zero-order valence-electron chi connectivity index (χ0n) is 18.8. The maximum atomic E-state index is 13.6. The number of rotatable bonds is 6. The molecular formula is C26H25N3O5. The number of ketones is 2. The van der Waals surface area contributed by atoms with Gasteiger partial charge < -0.3 is 14.1 Å². The largest absolute Gasteiger partial charge is 0.497 e. The zero-order chi connectivity index (χ0) is 23.7. The number of Topliss-reactive ketones (excluding diaryl/α,β-unsaturated/α-hetero) is 2. The lowest BCUT2D eigenvalue weighted by Gasteiger charge is -2.35. The van der Waals surface area contributed by atoms with Crippen LogP contribution in [0.4, 0.5) is 5.69 Å². The Labute approximate surface area is 196 Å². The van der Waals surface area contributed by atoms with E-state index in [4.69, 9.17) is 9.15 Å². The van der Waals surface area contributed by atoms with E-state index in [0.717, 1.165) is 32.1 Å². The molecule has 2 aliphatic rings. The van der Waals surface area contributed by atoms with Gasteiger partial charge in [0.25, 0.3) is 5.91 Å². The normalized spacial score (nSPS) is 21.1. The first kappa shape index (κ1) is 22.0. The van der Waals surface area contributed by atoms with Crippen LogP contribution in [-0.2, 0) is 9.59 Å². The smallest absolute Gasteiger partial charge is 0.295 e. The fourth-order valence-corrected chi connectivity index (χ4v) is 5.21. The van der Waals surface area contributed by atoms with Gasteiger partial charge in [0.15, 0.2) is 5.78 Å². The van der Waals surface area contributed by atoms with Gasteiger partial charge in [-0.25, -0.2) is 0 Å². The second-order valence-electron chi connectivity index (χ2n) is 8.79. The minimum Gasteiger partial charge on any atom is -0.497 e. The number of benzene rings is 2. The van der Waals surface area contributed by atoms with Crippen molar-refractivity contribution in [3.63, 3.8) is 0 Å². The molecule has 2 unspecified atom stereocenters. The summed E-state index contributed by atoms with van der Waals surface area (Å²) in [6.07, 6.45) is 6.19. The van der Waals surface area contributed by atoms with E-state index in [1.807, 2.05) is 0 Å². The highest BCUT2D eigenvalue weighted by Gasteiger charge is 2.54. The molecule has 0 bridgehead atoms. The summed E-state index contributed by atoms with van der Waals surface area (Å²) in [6, 6.07) is 13.3. The number of aromatic nitrogens is 2. The molecule has 2 aromatic carbocycles. The summed E-state index contributed by atoms with van der Waals surface area (Å²) in [4.78, 5) is 41.7. The standard InChI is InChI=1S/C26H25N3O5/c1-33-20-13-9-17(10-14-20)23(30)21-22(16-5-3-2-4-6-16)29(26(32)24(21)31)19-11-7-18(8-12-19)25-28-27-15-34-25/h7-16,21-22H,2-6H2,1H3. The van der Waals surface area contributed by atoms with Gasteiger partial charge in [0, 0.05) is 16.8 Å². The van der Waals surface area contributed by atoms with Crippen LogP contribution in [0.3, 0.4) is 0 Å². The number of ether oxygens (including phenoxy) is 1. The third-order valence-electron chi connectivity index (χ3n) is 6.89. The zero-order valence-corrected chi connectivity index (χ0v) is 18.8. The van der Waals surface area contributed by atoms with Crippen molar-refractivity contribution in [1.29, 1.82) is 0 Å². The molecule has 0 radical (unpaired) electrons. The van der Waals surface area contributed by atoms with Gasteiger partial charge in [-0.15, -0.1) is 10.2 Å². The lowest BCUT2D eigenvalue weighted by atomic mass is 9.76. The van der Waals surface area contributed by atoms with Gasteiger partial charge in [0.1, 0.15) is 11.7 Å². The molecule has 8 nitrogen and oxygen atoms in total. The summed E-state index contributed by atoms with van der Waals surface area (Å²) in [6.45, 7) is 0. The third-order valence-corrected chi connectivity index (χ3v) is 6.89. The van der Waals surface area contributed by atoms with Gasteiger partial charge in [-0.2, -0.15) is 0 Å². The van der Waals surface area contributed by atoms with E-state index < -0.39 is 23.7 Å². The highest BCUT2D eigenvalue weighted by molar-refractivity contribution is 6.49. The summed E-state index contributed by atoms with van der Waals surface area (Å²) >= 11 is 0. The van der Waals surface area contributed by atoms with E-state index in [1.54, 1.807) is 60.5 Å². The minimum absolute atomic E-state index is 0.0759. The summed E-state index contributed by atoms with van der Waals surface area (Å²) < 4.78 is 10.4. The molecule has 1 aromatic heterocycles. The van der Waals surface area contributed by atoms with Crippen LogP contribution in [0.25, 0.3) is 11.5 Å². The van der Waals surface area contributed by atoms with Crippen LogP contribution in [0.2, 0.25) is 0 Å². The topological polar surface area (TPSA) is 103 Å². The Balaban J connectivity index is 1.52. The highest BCUT2D eigenvalue weighted by Crippen LogP contribution is 2.41. The fourth-order valence-electron chi connectivity index (χ4n) is 5.21. The SMILES string of the molecule is COc1ccc(C(=O)C2C(=O)C(=O)N(c3ccc(-c4nnco4)cc3)C2C2CCCCC2)cc1. The van der Waals surface area contributed by atoms with Crippen molar-refractivity contribution in [3.8, 4) is 17.2 Å². The maximum Gasteiger partial charge on any atom is 0.295 e. The Hall–Kier alpha value is -3.81. The number of amides is 1. The van der Waals surface area contributed by atoms with Gasteiger partial charge in [-0.1, -0.05) is 19.3 Å². The minimum atomic E-state index is -1.03. The number of methoxy groups -OCH3 is 1. The molecule has 2 atom stereocenters. The van der Waals surface area contributed by atoms with Gasteiger partial charge in [0.05, 0.1) is 13.2 Å². The molecule has 1 aliphatic heterocycles. The molecule has 1 saturated heterocycles. The van der Waals surface area contributed by atoms with Crippen LogP contribution in [0.5, 0.6) is 5.75 Å². The van der Waals surface area contributed by atoms with Crippen molar-refractivity contribution in [2.24, 2.45) is 11.8 Å². The summed E-state index contributed by atoms with van der Waals surface area (Å²) in [5.41, 5.74) is 1.70. The summed E-state index contributed by atoms with van der Waals surface area (Å²) in [5, 5.41) is 7.60. The van der Waals surface area contributed by atoms with Crippen molar-refractivity contribution in [1.82, 2.24) is 10.2 Å². The van der Waals surface area contributed by atoms with Gasteiger partial charge in [-0.3, -0.25) is 14.4 Å². The molecule has 2 fully saturated rings. The van der Waals surface area contributed by atoms with Crippen molar-refractivity contribution >= 4 is 23.2 Å². The van der Waals surface area contributed by atoms with E-state index in [0.29, 0.717) is 28.5 Å². The molecule has 8 heteroatoms. The van der Waals surface area contributed by atoms with E-state index in [1.165, 1.54) is 6.39 Å². The molecule has 1 saturated carbocycles. The molecular weight excluding hydrogens is 434 g/mol. The van der Waals surface area contributed by atoms with E-state index in [9.17, 15) is 14.4 Å². The van der Waals surface area contributed by atoms with Crippen LogP contribution in [0.15, 0.2) is 59.3 Å². The van der Waals surface area contributed by atoms with Crippen LogP contribution in [0.1, 0.15) is 42.5 Å². The van der Waals surface area contributed by atoms with Crippen molar-refractivity contribution in [3.05, 3.63) is 60.5 Å². The third kappa shape index (κ3) is 3.89. The summed E-state index contributed by atoms with van der Waals surface area (Å²) in [7, 11) is 1.55. The molecule has 1 aliphatic carbocycles. The van der Waals surface area contributed by atoms with Crippen molar-refractivity contribution in [2.45, 2.75) is 38.1 Å². The molecule has 0 N–H and O–H groups in total. The molecule has 2 heterocycles. The number of nitrogens with zero attached hydrogens (tertiary/aromatic N) is 3. The van der Waals surface area contributed by atoms with Crippen LogP contribution in [-0.4, -0.2) is 40.8 Å². The molecule has 174 valence electrons. The first-order valence-corrected chi connectivity index (χ1v) is 11.5. The number of hydrogen-bond acceptors (Lipinski definition) is 7. The lowest BCUT2D eigenvalue weighted by Crippen LogP contribution is -2.43. The van der Waals surface area contributed by atoms with Crippen molar-refractivity contribution in [2.75, 3.05) is 12.0 Å². The number of carbonyl (C=O) groups is 3. The van der Waals surface area contributed by atoms with Gasteiger partial charge >= 0.3 is 0 Å². The predicted molar refractivity (Wildman–Crippen MR) is 123 cm³/mol. The van der Waals surface area contributed by atoms with E-state index >= 15 is 0 Å². The highest BCUT2D eigenvalue weighted by atomic mass is 16.5. The quantitative estimate of drug-likeness (QED) is 0.310. The number of hydrogen-bond donors (Lipinski definition) is 0. The van der Waals surface area contributed by atoms with Crippen LogP contribution < -0.4 is 9.64 Å². The fraction of sp³-hybridized carbons (Fsp3) is 0.346. The van der Waals surface area contributed by atoms with E-state index in [2.05, 4.69) is 10.2 Å². The Morgan fingerprint density at radius 1 is 1.00 bits per heavy atom. The second kappa shape index (κ2) is 9.21. The molecule has 3 aromatic rings. The Kier molecular flexibility index (Phi) is 5.96. The first-order valence-electron chi connectivity index (χ1n) is 11.5. The molecule has 0 spiro atoms.